The van der Waals surface area contributed by atoms with Crippen molar-refractivity contribution in [2.45, 2.75) is 67.4 Å². The number of hydrogen-bond donors (Lipinski definition) is 2. The number of benzene rings is 1. The maximum Gasteiger partial charge on any atom is 0.265 e. The lowest BCUT2D eigenvalue weighted by molar-refractivity contribution is -0.134. The number of carbonyl (C=O) groups excluding carboxylic acids is 1. The van der Waals surface area contributed by atoms with Crippen LogP contribution in [-0.4, -0.2) is 42.5 Å². The highest BCUT2D eigenvalue weighted by Crippen LogP contribution is 2.36. The number of aromatic nitrogens is 1. The lowest BCUT2D eigenvalue weighted by atomic mass is 9.85. The molecule has 0 radical (unpaired) electrons. The largest absolute Gasteiger partial charge is 0.381 e. The van der Waals surface area contributed by atoms with E-state index in [1.807, 2.05) is 12.3 Å². The maximum absolute atomic E-state index is 13.4. The molecule has 1 saturated carbocycles. The summed E-state index contributed by atoms with van der Waals surface area (Å²) in [6.07, 6.45) is 10.9. The molecular weight excluding hydrogens is 476 g/mol. The predicted molar refractivity (Wildman–Crippen MR) is 132 cm³/mol. The summed E-state index contributed by atoms with van der Waals surface area (Å²) in [5.41, 5.74) is 4.34. The minimum atomic E-state index is -4.03. The van der Waals surface area contributed by atoms with Gasteiger partial charge in [-0.3, -0.25) is 15.0 Å². The fourth-order valence-corrected chi connectivity index (χ4v) is 6.98. The number of hydroxylamine groups is 1. The van der Waals surface area contributed by atoms with Gasteiger partial charge < -0.3 is 4.74 Å². The van der Waals surface area contributed by atoms with Gasteiger partial charge in [-0.2, -0.15) is 0 Å². The van der Waals surface area contributed by atoms with E-state index in [9.17, 15) is 18.4 Å². The number of nitrogens with one attached hydrogen (secondary N) is 1. The Hall–Kier alpha value is -2.00. The molecule has 2 aromatic rings. The molecule has 1 aliphatic carbocycles. The Kier molecular flexibility index (Phi) is 9.09. The molecule has 9 heteroatoms. The number of sulfone groups is 1. The first-order valence-corrected chi connectivity index (χ1v) is 13.3. The van der Waals surface area contributed by atoms with Gasteiger partial charge in [-0.1, -0.05) is 50.3 Å². The predicted octanol–water partition coefficient (Wildman–Crippen LogP) is 4.51. The lowest BCUT2D eigenvalue weighted by Crippen LogP contribution is -2.54. The van der Waals surface area contributed by atoms with Gasteiger partial charge in [0.15, 0.2) is 14.6 Å². The molecule has 0 atom stereocenters. The number of ether oxygens (including phenoxy) is 1. The Labute approximate surface area is 207 Å². The highest BCUT2D eigenvalue weighted by atomic mass is 35.5. The minimum absolute atomic E-state index is 0. The number of hydrogen-bond acceptors (Lipinski definition) is 6. The second-order valence-corrected chi connectivity index (χ2v) is 11.4. The molecule has 186 valence electrons. The number of aryl methyl sites for hydroxylation is 1. The van der Waals surface area contributed by atoms with Crippen molar-refractivity contribution in [2.75, 3.05) is 13.2 Å². The molecule has 0 unspecified atom stereocenters. The summed E-state index contributed by atoms with van der Waals surface area (Å²) in [6, 6.07) is 10.5. The van der Waals surface area contributed by atoms with Gasteiger partial charge in [-0.05, 0) is 55.4 Å². The first kappa shape index (κ1) is 26.6. The molecule has 2 N–H and O–H groups in total. The molecule has 0 spiro atoms. The summed E-state index contributed by atoms with van der Waals surface area (Å²) < 4.78 is 30.2. The number of pyridine rings is 1. The molecule has 2 heterocycles. The molecule has 1 saturated heterocycles. The molecule has 2 fully saturated rings. The highest BCUT2D eigenvalue weighted by molar-refractivity contribution is 7.93. The van der Waals surface area contributed by atoms with E-state index in [0.29, 0.717) is 0 Å². The van der Waals surface area contributed by atoms with Gasteiger partial charge in [0.1, 0.15) is 0 Å². The molecule has 4 rings (SSSR count). The van der Waals surface area contributed by atoms with Crippen molar-refractivity contribution < 1.29 is 23.2 Å². The van der Waals surface area contributed by atoms with E-state index < -0.39 is 20.5 Å². The van der Waals surface area contributed by atoms with Crippen LogP contribution in [0.25, 0.3) is 11.3 Å². The van der Waals surface area contributed by atoms with Crippen LogP contribution in [0.15, 0.2) is 47.5 Å². The Bertz CT molecular complexity index is 1050. The van der Waals surface area contributed by atoms with Crippen LogP contribution in [-0.2, 0) is 25.8 Å². The number of halogens is 1. The van der Waals surface area contributed by atoms with E-state index in [4.69, 9.17) is 4.74 Å². The van der Waals surface area contributed by atoms with Crippen LogP contribution in [0, 0.1) is 5.92 Å². The number of amides is 1. The molecule has 1 aliphatic heterocycles. The summed E-state index contributed by atoms with van der Waals surface area (Å²) in [5, 5.41) is 9.18. The average molecular weight is 509 g/mol. The van der Waals surface area contributed by atoms with Crippen LogP contribution < -0.4 is 5.48 Å². The maximum atomic E-state index is 13.4. The first-order chi connectivity index (χ1) is 16.0. The van der Waals surface area contributed by atoms with Crippen molar-refractivity contribution in [1.29, 1.82) is 0 Å². The number of nitrogens with zero attached hydrogens (tertiary/aromatic N) is 1. The van der Waals surface area contributed by atoms with Crippen LogP contribution in [0.3, 0.4) is 0 Å². The zero-order valence-electron chi connectivity index (χ0n) is 19.2. The molecule has 1 amide bonds. The third-order valence-electron chi connectivity index (χ3n) is 7.18. The zero-order valence-corrected chi connectivity index (χ0v) is 20.9. The summed E-state index contributed by atoms with van der Waals surface area (Å²) in [6.45, 7) is 0.281. The molecule has 2 aliphatic rings. The topological polar surface area (TPSA) is 106 Å². The third-order valence-corrected chi connectivity index (χ3v) is 9.70. The quantitative estimate of drug-likeness (QED) is 0.421. The van der Waals surface area contributed by atoms with Gasteiger partial charge >= 0.3 is 0 Å². The van der Waals surface area contributed by atoms with Gasteiger partial charge in [0.2, 0.25) is 0 Å². The second kappa shape index (κ2) is 11.6. The second-order valence-electron chi connectivity index (χ2n) is 9.17. The summed E-state index contributed by atoms with van der Waals surface area (Å²) >= 11 is 0. The summed E-state index contributed by atoms with van der Waals surface area (Å²) in [7, 11) is -4.03. The van der Waals surface area contributed by atoms with Gasteiger partial charge in [0, 0.05) is 25.0 Å². The fourth-order valence-electron chi connectivity index (χ4n) is 5.04. The van der Waals surface area contributed by atoms with Crippen molar-refractivity contribution in [1.82, 2.24) is 10.5 Å². The molecule has 34 heavy (non-hydrogen) atoms. The van der Waals surface area contributed by atoms with Gasteiger partial charge in [0.05, 0.1) is 10.6 Å². The number of carbonyl (C=O) groups is 1. The van der Waals surface area contributed by atoms with E-state index in [1.54, 1.807) is 17.6 Å². The molecule has 1 aromatic carbocycles. The minimum Gasteiger partial charge on any atom is -0.381 e. The van der Waals surface area contributed by atoms with E-state index in [2.05, 4.69) is 11.1 Å². The fraction of sp³-hybridized carbons (Fsp3) is 0.520. The van der Waals surface area contributed by atoms with Gasteiger partial charge in [0.25, 0.3) is 5.91 Å². The Morgan fingerprint density at radius 1 is 1.06 bits per heavy atom. The zero-order chi connectivity index (χ0) is 23.3. The molecular formula is C25H33ClN2O5S. The van der Waals surface area contributed by atoms with Crippen molar-refractivity contribution in [3.8, 4) is 11.3 Å². The van der Waals surface area contributed by atoms with E-state index in [-0.39, 0.29) is 43.4 Å². The third kappa shape index (κ3) is 5.46. The Morgan fingerprint density at radius 2 is 1.74 bits per heavy atom. The monoisotopic (exact) mass is 508 g/mol. The van der Waals surface area contributed by atoms with E-state index in [1.165, 1.54) is 56.2 Å². The van der Waals surface area contributed by atoms with Crippen LogP contribution >= 0.6 is 12.4 Å². The lowest BCUT2D eigenvalue weighted by Gasteiger charge is -2.34. The van der Waals surface area contributed by atoms with E-state index >= 15 is 0 Å². The average Bonchev–Trinajstić information content (AvgIpc) is 2.88. The van der Waals surface area contributed by atoms with Gasteiger partial charge in [-0.25, -0.2) is 13.9 Å². The normalized spacial score (nSPS) is 18.6. The molecule has 1 aromatic heterocycles. The van der Waals surface area contributed by atoms with Crippen LogP contribution in [0.5, 0.6) is 0 Å². The smallest absolute Gasteiger partial charge is 0.265 e. The molecule has 7 nitrogen and oxygen atoms in total. The van der Waals surface area contributed by atoms with Crippen LogP contribution in [0.4, 0.5) is 0 Å². The standard InChI is InChI=1S/C25H32N2O5S.ClH/c28-24(27-29)25(14-16-32-17-15-25)33(30,31)22-11-9-21(10-12-22)23-13-8-20(18-26-23)7-6-19-4-2-1-3-5-19;/h8-13,18-19,29H,1-7,14-17H2,(H,27,28);1H. The van der Waals surface area contributed by atoms with Gasteiger partial charge in [-0.15, -0.1) is 12.4 Å². The van der Waals surface area contributed by atoms with Crippen molar-refractivity contribution in [3.05, 3.63) is 48.2 Å². The van der Waals surface area contributed by atoms with E-state index in [0.717, 1.165) is 23.6 Å². The Balaban J connectivity index is 0.00000324. The SMILES string of the molecule is Cl.O=C(NO)C1(S(=O)(=O)c2ccc(-c3ccc(CCC4CCCCC4)cn3)cc2)CCOCC1. The van der Waals surface area contributed by atoms with Crippen molar-refractivity contribution in [3.63, 3.8) is 0 Å². The molecule has 0 bridgehead atoms. The van der Waals surface area contributed by atoms with Crippen molar-refractivity contribution in [2.24, 2.45) is 5.92 Å². The highest BCUT2D eigenvalue weighted by Gasteiger charge is 2.52. The summed E-state index contributed by atoms with van der Waals surface area (Å²) in [5.74, 6) is -0.0831. The summed E-state index contributed by atoms with van der Waals surface area (Å²) in [4.78, 5) is 17.0. The first-order valence-electron chi connectivity index (χ1n) is 11.8. The Morgan fingerprint density at radius 3 is 2.32 bits per heavy atom. The van der Waals surface area contributed by atoms with Crippen LogP contribution in [0.2, 0.25) is 0 Å². The van der Waals surface area contributed by atoms with Crippen molar-refractivity contribution >= 4 is 28.2 Å². The number of rotatable bonds is 7. The van der Waals surface area contributed by atoms with Crippen LogP contribution in [0.1, 0.15) is 56.9 Å².